The Hall–Kier alpha value is -0.570. The molecule has 0 bridgehead atoms. The summed E-state index contributed by atoms with van der Waals surface area (Å²) in [4.78, 5) is 11.6. The van der Waals surface area contributed by atoms with Crippen molar-refractivity contribution >= 4 is 5.91 Å². The van der Waals surface area contributed by atoms with E-state index in [4.69, 9.17) is 0 Å². The minimum atomic E-state index is 0.226. The molecule has 1 amide bonds. The second-order valence-electron chi connectivity index (χ2n) is 4.69. The number of rotatable bonds is 4. The number of carbonyl (C=O) groups excluding carboxylic acids is 1. The van der Waals surface area contributed by atoms with Gasteiger partial charge >= 0.3 is 0 Å². The molecule has 2 aliphatic rings. The van der Waals surface area contributed by atoms with Gasteiger partial charge in [-0.25, -0.2) is 0 Å². The molecule has 3 nitrogen and oxygen atoms in total. The van der Waals surface area contributed by atoms with E-state index in [1.165, 1.54) is 19.3 Å². The van der Waals surface area contributed by atoms with Crippen LogP contribution in [0.3, 0.4) is 0 Å². The molecule has 80 valence electrons. The molecule has 0 spiro atoms. The van der Waals surface area contributed by atoms with Crippen molar-refractivity contribution in [1.82, 2.24) is 10.6 Å². The first-order chi connectivity index (χ1) is 6.75. The molecule has 2 unspecified atom stereocenters. The van der Waals surface area contributed by atoms with Crippen LogP contribution in [0.4, 0.5) is 0 Å². The van der Waals surface area contributed by atoms with E-state index in [0.29, 0.717) is 18.5 Å². The maximum Gasteiger partial charge on any atom is 0.221 e. The van der Waals surface area contributed by atoms with Crippen molar-refractivity contribution in [1.29, 1.82) is 0 Å². The lowest BCUT2D eigenvalue weighted by Crippen LogP contribution is -2.37. The van der Waals surface area contributed by atoms with E-state index in [1.54, 1.807) is 0 Å². The lowest BCUT2D eigenvalue weighted by atomic mass is 10.1. The lowest BCUT2D eigenvalue weighted by molar-refractivity contribution is -0.122. The smallest absolute Gasteiger partial charge is 0.221 e. The van der Waals surface area contributed by atoms with Crippen LogP contribution in [0.1, 0.15) is 39.0 Å². The summed E-state index contributed by atoms with van der Waals surface area (Å²) in [5.41, 5.74) is 0. The molecular weight excluding hydrogens is 176 g/mol. The first-order valence-electron chi connectivity index (χ1n) is 5.78. The number of carbonyl (C=O) groups is 1. The van der Waals surface area contributed by atoms with Crippen LogP contribution in [0.25, 0.3) is 0 Å². The van der Waals surface area contributed by atoms with Gasteiger partial charge in [0.2, 0.25) is 5.91 Å². The van der Waals surface area contributed by atoms with Crippen molar-refractivity contribution in [3.05, 3.63) is 0 Å². The van der Waals surface area contributed by atoms with E-state index in [-0.39, 0.29) is 5.91 Å². The lowest BCUT2D eigenvalue weighted by Gasteiger charge is -2.15. The maximum atomic E-state index is 11.6. The van der Waals surface area contributed by atoms with Gasteiger partial charge in [-0.3, -0.25) is 4.79 Å². The van der Waals surface area contributed by atoms with E-state index in [0.717, 1.165) is 18.9 Å². The molecule has 2 N–H and O–H groups in total. The van der Waals surface area contributed by atoms with Gasteiger partial charge in [-0.2, -0.15) is 0 Å². The Labute approximate surface area is 85.6 Å². The fourth-order valence-corrected chi connectivity index (χ4v) is 2.18. The van der Waals surface area contributed by atoms with Crippen LogP contribution >= 0.6 is 0 Å². The Morgan fingerprint density at radius 3 is 2.86 bits per heavy atom. The van der Waals surface area contributed by atoms with Gasteiger partial charge in [0, 0.05) is 18.5 Å². The second kappa shape index (κ2) is 4.30. The zero-order valence-electron chi connectivity index (χ0n) is 8.88. The summed E-state index contributed by atoms with van der Waals surface area (Å²) in [7, 11) is 0. The summed E-state index contributed by atoms with van der Waals surface area (Å²) in [6.45, 7) is 3.20. The quantitative estimate of drug-likeness (QED) is 0.705. The molecule has 1 aliphatic carbocycles. The Kier molecular flexibility index (Phi) is 3.06. The van der Waals surface area contributed by atoms with Crippen molar-refractivity contribution in [3.8, 4) is 0 Å². The normalized spacial score (nSPS) is 28.8. The summed E-state index contributed by atoms with van der Waals surface area (Å²) >= 11 is 0. The van der Waals surface area contributed by atoms with Gasteiger partial charge in [0.05, 0.1) is 0 Å². The molecule has 0 aromatic heterocycles. The summed E-state index contributed by atoms with van der Waals surface area (Å²) in [5.74, 6) is 0.985. The monoisotopic (exact) mass is 196 g/mol. The predicted molar refractivity (Wildman–Crippen MR) is 56.0 cm³/mol. The van der Waals surface area contributed by atoms with Crippen molar-refractivity contribution < 1.29 is 4.79 Å². The number of nitrogens with one attached hydrogen (secondary N) is 2. The third kappa shape index (κ3) is 2.71. The first-order valence-corrected chi connectivity index (χ1v) is 5.78. The highest BCUT2D eigenvalue weighted by Crippen LogP contribution is 2.32. The zero-order chi connectivity index (χ0) is 9.97. The van der Waals surface area contributed by atoms with Crippen LogP contribution < -0.4 is 10.6 Å². The van der Waals surface area contributed by atoms with E-state index >= 15 is 0 Å². The SMILES string of the molecule is CC(NC(=O)CC1CCCN1)C1CC1. The Morgan fingerprint density at radius 1 is 1.50 bits per heavy atom. The third-order valence-corrected chi connectivity index (χ3v) is 3.31. The highest BCUT2D eigenvalue weighted by atomic mass is 16.1. The maximum absolute atomic E-state index is 11.6. The largest absolute Gasteiger partial charge is 0.353 e. The third-order valence-electron chi connectivity index (χ3n) is 3.31. The van der Waals surface area contributed by atoms with Crippen molar-refractivity contribution in [3.63, 3.8) is 0 Å². The van der Waals surface area contributed by atoms with Gasteiger partial charge in [-0.15, -0.1) is 0 Å². The van der Waals surface area contributed by atoms with Gasteiger partial charge in [-0.1, -0.05) is 0 Å². The molecule has 0 aromatic rings. The molecule has 2 atom stereocenters. The molecule has 0 aromatic carbocycles. The molecule has 1 saturated heterocycles. The molecule has 2 rings (SSSR count). The minimum absolute atomic E-state index is 0.226. The van der Waals surface area contributed by atoms with Crippen LogP contribution in [0.5, 0.6) is 0 Å². The summed E-state index contributed by atoms with van der Waals surface area (Å²) in [5, 5.41) is 6.43. The van der Waals surface area contributed by atoms with E-state index in [2.05, 4.69) is 17.6 Å². The second-order valence-corrected chi connectivity index (χ2v) is 4.69. The first kappa shape index (κ1) is 9.97. The Morgan fingerprint density at radius 2 is 2.29 bits per heavy atom. The van der Waals surface area contributed by atoms with Gasteiger partial charge < -0.3 is 10.6 Å². The van der Waals surface area contributed by atoms with Gasteiger partial charge in [0.1, 0.15) is 0 Å². The van der Waals surface area contributed by atoms with Crippen LogP contribution in [0, 0.1) is 5.92 Å². The molecule has 3 heteroatoms. The molecular formula is C11H20N2O. The summed E-state index contributed by atoms with van der Waals surface area (Å²) in [6.07, 6.45) is 5.63. The highest BCUT2D eigenvalue weighted by molar-refractivity contribution is 5.77. The molecule has 1 aliphatic heterocycles. The fourth-order valence-electron chi connectivity index (χ4n) is 2.18. The molecule has 14 heavy (non-hydrogen) atoms. The molecule has 2 fully saturated rings. The van der Waals surface area contributed by atoms with Crippen LogP contribution in [-0.2, 0) is 4.79 Å². The van der Waals surface area contributed by atoms with Crippen LogP contribution in [-0.4, -0.2) is 24.5 Å². The van der Waals surface area contributed by atoms with Gasteiger partial charge in [-0.05, 0) is 45.1 Å². The molecule has 1 saturated carbocycles. The van der Waals surface area contributed by atoms with E-state index in [1.807, 2.05) is 0 Å². The number of amides is 1. The zero-order valence-corrected chi connectivity index (χ0v) is 8.88. The molecule has 1 heterocycles. The van der Waals surface area contributed by atoms with Crippen molar-refractivity contribution in [2.24, 2.45) is 5.92 Å². The van der Waals surface area contributed by atoms with Crippen LogP contribution in [0.2, 0.25) is 0 Å². The Bertz CT molecular complexity index is 201. The number of hydrogen-bond donors (Lipinski definition) is 2. The topological polar surface area (TPSA) is 41.1 Å². The average molecular weight is 196 g/mol. The average Bonchev–Trinajstić information content (AvgIpc) is 2.87. The summed E-state index contributed by atoms with van der Waals surface area (Å²) < 4.78 is 0. The Balaban J connectivity index is 1.66. The standard InChI is InChI=1S/C11H20N2O/c1-8(9-4-5-9)13-11(14)7-10-3-2-6-12-10/h8-10,12H,2-7H2,1H3,(H,13,14). The predicted octanol–water partition coefficient (Wildman–Crippen LogP) is 1.04. The van der Waals surface area contributed by atoms with Crippen molar-refractivity contribution in [2.75, 3.05) is 6.54 Å². The highest BCUT2D eigenvalue weighted by Gasteiger charge is 2.29. The van der Waals surface area contributed by atoms with Crippen molar-refractivity contribution in [2.45, 2.75) is 51.1 Å². The summed E-state index contributed by atoms with van der Waals surface area (Å²) in [6, 6.07) is 0.824. The van der Waals surface area contributed by atoms with Crippen LogP contribution in [0.15, 0.2) is 0 Å². The minimum Gasteiger partial charge on any atom is -0.353 e. The van der Waals surface area contributed by atoms with E-state index < -0.39 is 0 Å². The van der Waals surface area contributed by atoms with Gasteiger partial charge in [0.15, 0.2) is 0 Å². The molecule has 0 radical (unpaired) electrons. The van der Waals surface area contributed by atoms with Gasteiger partial charge in [0.25, 0.3) is 0 Å². The van der Waals surface area contributed by atoms with E-state index in [9.17, 15) is 4.79 Å². The fraction of sp³-hybridized carbons (Fsp3) is 0.909. The number of hydrogen-bond acceptors (Lipinski definition) is 2.